The first-order valence-corrected chi connectivity index (χ1v) is 14.7. The van der Waals surface area contributed by atoms with Crippen molar-refractivity contribution >= 4 is 30.6 Å². The van der Waals surface area contributed by atoms with Crippen LogP contribution in [0.15, 0.2) is 55.1 Å². The van der Waals surface area contributed by atoms with Gasteiger partial charge in [-0.2, -0.15) is 10.2 Å². The number of nitrogens with zero attached hydrogens (tertiary/aromatic N) is 4. The number of fused-ring (bicyclic) bond motifs is 1. The Morgan fingerprint density at radius 1 is 1.31 bits per heavy atom. The lowest BCUT2D eigenvalue weighted by molar-refractivity contribution is -0.144. The predicted octanol–water partition coefficient (Wildman–Crippen LogP) is 2.16. The van der Waals surface area contributed by atoms with Crippen LogP contribution in [0.25, 0.3) is 22.3 Å². The molecule has 5 rings (SSSR count). The Morgan fingerprint density at radius 2 is 2.07 bits per heavy atom. The molecule has 6 atom stereocenters. The van der Waals surface area contributed by atoms with Crippen LogP contribution in [0.5, 0.6) is 5.75 Å². The van der Waals surface area contributed by atoms with E-state index in [9.17, 15) is 19.6 Å². The summed E-state index contributed by atoms with van der Waals surface area (Å²) < 4.78 is 37.8. The minimum absolute atomic E-state index is 0.126. The van der Waals surface area contributed by atoms with Gasteiger partial charge in [-0.25, -0.2) is 14.5 Å². The van der Waals surface area contributed by atoms with Gasteiger partial charge in [0.05, 0.1) is 24.3 Å². The Bertz CT molecular complexity index is 1580. The van der Waals surface area contributed by atoms with Crippen molar-refractivity contribution in [3.05, 3.63) is 55.1 Å². The largest absolute Gasteiger partial charge is 0.465 e. The molecule has 1 saturated heterocycles. The van der Waals surface area contributed by atoms with Crippen LogP contribution in [0.4, 0.5) is 5.82 Å². The number of para-hydroxylation sites is 1. The number of H-pyrrole nitrogens is 1. The van der Waals surface area contributed by atoms with Crippen molar-refractivity contribution in [1.82, 2.24) is 29.8 Å². The van der Waals surface area contributed by atoms with E-state index in [0.29, 0.717) is 22.3 Å². The number of benzene rings is 1. The number of nitrogen functional groups attached to an aromatic ring is 1. The molecule has 1 aliphatic rings. The fraction of sp³-hybridized carbons (Fsp3) is 0.385. The second kappa shape index (κ2) is 11.8. The Morgan fingerprint density at radius 3 is 2.76 bits per heavy atom. The third-order valence-corrected chi connectivity index (χ3v) is 8.45. The van der Waals surface area contributed by atoms with E-state index >= 15 is 0 Å². The number of nitrogens with two attached hydrogens (primary N) is 1. The summed E-state index contributed by atoms with van der Waals surface area (Å²) in [4.78, 5) is 20.7. The Balaban J connectivity index is 1.41. The van der Waals surface area contributed by atoms with Crippen molar-refractivity contribution in [2.75, 3.05) is 18.9 Å². The molecule has 0 aliphatic carbocycles. The first-order chi connectivity index (χ1) is 20.0. The highest BCUT2D eigenvalue weighted by molar-refractivity contribution is 7.52. The Hall–Kier alpha value is -3.85. The van der Waals surface area contributed by atoms with E-state index in [1.165, 1.54) is 24.7 Å². The van der Waals surface area contributed by atoms with E-state index in [1.54, 1.807) is 55.7 Å². The van der Waals surface area contributed by atoms with Gasteiger partial charge in [0.1, 0.15) is 47.4 Å². The fourth-order valence-electron chi connectivity index (χ4n) is 4.71. The first kappa shape index (κ1) is 29.6. The van der Waals surface area contributed by atoms with E-state index < -0.39 is 50.4 Å². The fourth-order valence-corrected chi connectivity index (χ4v) is 6.22. The van der Waals surface area contributed by atoms with Gasteiger partial charge in [-0.3, -0.25) is 14.4 Å². The molecule has 16 heteroatoms. The van der Waals surface area contributed by atoms with Crippen molar-refractivity contribution in [2.24, 2.45) is 0 Å². The average molecular weight is 602 g/mol. The van der Waals surface area contributed by atoms with Crippen LogP contribution in [0.3, 0.4) is 0 Å². The number of esters is 1. The van der Waals surface area contributed by atoms with Crippen LogP contribution in [0.1, 0.15) is 27.0 Å². The van der Waals surface area contributed by atoms with Crippen molar-refractivity contribution < 1.29 is 38.1 Å². The van der Waals surface area contributed by atoms with Crippen LogP contribution in [0, 0.1) is 0 Å². The van der Waals surface area contributed by atoms with Crippen LogP contribution >= 0.6 is 7.75 Å². The molecule has 1 aromatic carbocycles. The normalized spacial score (nSPS) is 24.4. The number of hydrogen-bond acceptors (Lipinski definition) is 12. The maximum Gasteiger partial charge on any atom is 0.459 e. The second-order valence-electron chi connectivity index (χ2n) is 9.88. The van der Waals surface area contributed by atoms with Gasteiger partial charge in [0.25, 0.3) is 0 Å². The van der Waals surface area contributed by atoms with Gasteiger partial charge in [0, 0.05) is 18.0 Å². The molecule has 4 heterocycles. The number of rotatable bonds is 11. The molecule has 1 aliphatic heterocycles. The summed E-state index contributed by atoms with van der Waals surface area (Å²) in [5, 5.41) is 32.5. The van der Waals surface area contributed by atoms with E-state index in [1.807, 2.05) is 0 Å². The monoisotopic (exact) mass is 601 g/mol. The third kappa shape index (κ3) is 5.75. The number of carbonyl (C=O) groups excluding carboxylic acids is 1. The molecule has 0 saturated carbocycles. The summed E-state index contributed by atoms with van der Waals surface area (Å²) in [7, 11) is -4.24. The summed E-state index contributed by atoms with van der Waals surface area (Å²) in [6, 6.07) is 8.91. The molecule has 0 amide bonds. The topological polar surface area (TPSA) is 209 Å². The highest BCUT2D eigenvalue weighted by Gasteiger charge is 2.54. The minimum atomic E-state index is -4.24. The van der Waals surface area contributed by atoms with Gasteiger partial charge in [0.2, 0.25) is 0 Å². The Labute approximate surface area is 240 Å². The number of ether oxygens (including phenoxy) is 2. The Kier molecular flexibility index (Phi) is 8.32. The lowest BCUT2D eigenvalue weighted by Gasteiger charge is -2.27. The molecular formula is C26H32N7O8P. The standard InChI is InChI=1S/C26H32N7O8P/c1-4-38-24(35)15(2)32-42(37,41-16-8-6-5-7-9-16)39-13-19-21(34)26(3,36)25(40-19)33-12-17(18-10-11-30-31-18)20-22(27)28-14-29-23(20)33/h5-12,14-15,19,21,25,34,36H,4,13H2,1-3H3,(H,30,31)(H,32,37)(H2,27,28,29)/t15?,19-,21+,25-,26-,42?/m1/s1. The van der Waals surface area contributed by atoms with Gasteiger partial charge in [-0.1, -0.05) is 18.2 Å². The minimum Gasteiger partial charge on any atom is -0.465 e. The zero-order valence-corrected chi connectivity index (χ0v) is 24.0. The number of aliphatic hydroxyl groups excluding tert-OH is 1. The highest BCUT2D eigenvalue weighted by Crippen LogP contribution is 2.48. The highest BCUT2D eigenvalue weighted by atomic mass is 31.2. The number of nitrogens with one attached hydrogen (secondary N) is 2. The van der Waals surface area contributed by atoms with E-state index in [4.69, 9.17) is 24.3 Å². The third-order valence-electron chi connectivity index (χ3n) is 6.81. The van der Waals surface area contributed by atoms with Crippen LogP contribution in [-0.2, 0) is 23.4 Å². The van der Waals surface area contributed by atoms with Crippen LogP contribution in [-0.4, -0.2) is 78.0 Å². The first-order valence-electron chi connectivity index (χ1n) is 13.1. The molecule has 224 valence electrons. The molecule has 0 radical (unpaired) electrons. The van der Waals surface area contributed by atoms with Crippen LogP contribution in [0.2, 0.25) is 0 Å². The second-order valence-corrected chi connectivity index (χ2v) is 11.6. The SMILES string of the molecule is CCOC(=O)C(C)NP(=O)(OC[C@H]1O[C@@H](n2cc(-c3ccn[nH]3)c3c(N)ncnc32)[C@](C)(O)[C@H]1O)Oc1ccccc1. The van der Waals surface area contributed by atoms with Gasteiger partial charge in [-0.15, -0.1) is 0 Å². The molecule has 2 unspecified atom stereocenters. The molecule has 4 aromatic rings. The van der Waals surface area contributed by atoms with Crippen molar-refractivity contribution in [3.8, 4) is 17.0 Å². The summed E-state index contributed by atoms with van der Waals surface area (Å²) in [5.74, 6) is -0.251. The molecule has 6 N–H and O–H groups in total. The van der Waals surface area contributed by atoms with E-state index in [2.05, 4.69) is 25.3 Å². The molecular weight excluding hydrogens is 569 g/mol. The summed E-state index contributed by atoms with van der Waals surface area (Å²) in [6.45, 7) is 4.14. The molecule has 1 fully saturated rings. The number of aliphatic hydroxyl groups is 2. The number of aromatic nitrogens is 5. The number of hydrogen-bond donors (Lipinski definition) is 5. The zero-order valence-electron chi connectivity index (χ0n) is 23.1. The molecule has 15 nitrogen and oxygen atoms in total. The quantitative estimate of drug-likeness (QED) is 0.123. The van der Waals surface area contributed by atoms with E-state index in [-0.39, 0.29) is 18.2 Å². The van der Waals surface area contributed by atoms with Crippen LogP contribution < -0.4 is 15.3 Å². The smallest absolute Gasteiger partial charge is 0.459 e. The lowest BCUT2D eigenvalue weighted by Crippen LogP contribution is -2.44. The lowest BCUT2D eigenvalue weighted by atomic mass is 9.96. The van der Waals surface area contributed by atoms with Crippen molar-refractivity contribution in [2.45, 2.75) is 50.8 Å². The average Bonchev–Trinajstić information content (AvgIpc) is 3.67. The maximum absolute atomic E-state index is 13.8. The summed E-state index contributed by atoms with van der Waals surface area (Å²) in [5.41, 5.74) is 5.89. The predicted molar refractivity (Wildman–Crippen MR) is 150 cm³/mol. The van der Waals surface area contributed by atoms with Crippen molar-refractivity contribution in [3.63, 3.8) is 0 Å². The maximum atomic E-state index is 13.8. The zero-order chi connectivity index (χ0) is 30.1. The number of aromatic amines is 1. The van der Waals surface area contributed by atoms with Gasteiger partial charge in [-0.05, 0) is 39.0 Å². The number of carbonyl (C=O) groups is 1. The van der Waals surface area contributed by atoms with Gasteiger partial charge >= 0.3 is 13.7 Å². The molecule has 0 bridgehead atoms. The summed E-state index contributed by atoms with van der Waals surface area (Å²) >= 11 is 0. The van der Waals surface area contributed by atoms with E-state index in [0.717, 1.165) is 0 Å². The van der Waals surface area contributed by atoms with Crippen molar-refractivity contribution in [1.29, 1.82) is 0 Å². The molecule has 3 aromatic heterocycles. The number of anilines is 1. The van der Waals surface area contributed by atoms with Gasteiger partial charge < -0.3 is 34.5 Å². The summed E-state index contributed by atoms with van der Waals surface area (Å²) in [6.07, 6.45) is 0.663. The van der Waals surface area contributed by atoms with Gasteiger partial charge in [0.15, 0.2) is 6.23 Å². The molecule has 42 heavy (non-hydrogen) atoms. The molecule has 0 spiro atoms.